The van der Waals surface area contributed by atoms with Crippen LogP contribution in [-0.2, 0) is 10.3 Å². The number of carbonyl (C=O) groups excluding carboxylic acids is 1. The van der Waals surface area contributed by atoms with Crippen LogP contribution in [0.4, 0.5) is 0 Å². The number of fused-ring (bicyclic) bond motifs is 1. The highest BCUT2D eigenvalue weighted by atomic mass is 16.5. The molecule has 2 aromatic rings. The second kappa shape index (κ2) is 4.38. The largest absolute Gasteiger partial charge is 0.465 e. The van der Waals surface area contributed by atoms with Gasteiger partial charge in [-0.3, -0.25) is 0 Å². The number of ether oxygens (including phenoxy) is 1. The molecule has 0 aliphatic carbocycles. The fraction of sp³-hybridized carbons (Fsp3) is 0.400. The summed E-state index contributed by atoms with van der Waals surface area (Å²) in [5, 5.41) is 4.44. The van der Waals surface area contributed by atoms with E-state index in [9.17, 15) is 4.79 Å². The molecule has 1 aromatic carbocycles. The molecule has 0 saturated carbocycles. The smallest absolute Gasteiger partial charge is 0.338 e. The zero-order valence-corrected chi connectivity index (χ0v) is 11.2. The molecule has 0 spiro atoms. The standard InChI is InChI=1S/C15H18N2O2/c1-15(5-3-6-17-15)10-8-12(14(18)19-2)11-4-7-16-13(11)9-10/h4,7-9,16-17H,3,5-6H2,1-2H3. The number of methoxy groups -OCH3 is 1. The Morgan fingerprint density at radius 1 is 1.42 bits per heavy atom. The highest BCUT2D eigenvalue weighted by molar-refractivity contribution is 6.04. The monoisotopic (exact) mass is 258 g/mol. The van der Waals surface area contributed by atoms with E-state index >= 15 is 0 Å². The Morgan fingerprint density at radius 2 is 2.26 bits per heavy atom. The summed E-state index contributed by atoms with van der Waals surface area (Å²) in [6.07, 6.45) is 4.10. The van der Waals surface area contributed by atoms with Crippen LogP contribution < -0.4 is 5.32 Å². The molecular weight excluding hydrogens is 240 g/mol. The minimum Gasteiger partial charge on any atom is -0.465 e. The fourth-order valence-corrected chi connectivity index (χ4v) is 2.91. The van der Waals surface area contributed by atoms with E-state index in [2.05, 4.69) is 23.3 Å². The van der Waals surface area contributed by atoms with E-state index in [1.54, 1.807) is 0 Å². The number of rotatable bonds is 2. The lowest BCUT2D eigenvalue weighted by Crippen LogP contribution is -2.33. The summed E-state index contributed by atoms with van der Waals surface area (Å²) in [6, 6.07) is 6.00. The Labute approximate surface area is 112 Å². The molecule has 4 heteroatoms. The summed E-state index contributed by atoms with van der Waals surface area (Å²) in [4.78, 5) is 15.1. The normalized spacial score (nSPS) is 22.8. The second-order valence-corrected chi connectivity index (χ2v) is 5.32. The van der Waals surface area contributed by atoms with Crippen LogP contribution in [0.3, 0.4) is 0 Å². The van der Waals surface area contributed by atoms with E-state index in [-0.39, 0.29) is 11.5 Å². The topological polar surface area (TPSA) is 54.1 Å². The first-order valence-electron chi connectivity index (χ1n) is 6.59. The van der Waals surface area contributed by atoms with E-state index in [4.69, 9.17) is 4.74 Å². The Morgan fingerprint density at radius 3 is 2.95 bits per heavy atom. The zero-order valence-electron chi connectivity index (χ0n) is 11.2. The minimum atomic E-state index is -0.284. The van der Waals surface area contributed by atoms with Crippen LogP contribution >= 0.6 is 0 Å². The van der Waals surface area contributed by atoms with Gasteiger partial charge in [-0.15, -0.1) is 0 Å². The van der Waals surface area contributed by atoms with Crippen molar-refractivity contribution in [1.29, 1.82) is 0 Å². The molecule has 1 atom stereocenters. The highest BCUT2D eigenvalue weighted by Crippen LogP contribution is 2.33. The van der Waals surface area contributed by atoms with Crippen LogP contribution in [-0.4, -0.2) is 24.6 Å². The summed E-state index contributed by atoms with van der Waals surface area (Å²) in [5.41, 5.74) is 2.70. The van der Waals surface area contributed by atoms with Crippen molar-refractivity contribution in [3.63, 3.8) is 0 Å². The number of nitrogens with one attached hydrogen (secondary N) is 2. The Kier molecular flexibility index (Phi) is 2.82. The van der Waals surface area contributed by atoms with E-state index in [0.717, 1.165) is 35.9 Å². The van der Waals surface area contributed by atoms with E-state index in [0.29, 0.717) is 5.56 Å². The van der Waals surface area contributed by atoms with Gasteiger partial charge in [0.1, 0.15) is 0 Å². The number of aromatic amines is 1. The van der Waals surface area contributed by atoms with Gasteiger partial charge < -0.3 is 15.0 Å². The summed E-state index contributed by atoms with van der Waals surface area (Å²) in [7, 11) is 1.42. The van der Waals surface area contributed by atoms with Gasteiger partial charge in [0.2, 0.25) is 0 Å². The maximum Gasteiger partial charge on any atom is 0.338 e. The van der Waals surface area contributed by atoms with Gasteiger partial charge in [0, 0.05) is 22.6 Å². The molecule has 3 rings (SSSR count). The lowest BCUT2D eigenvalue weighted by molar-refractivity contribution is 0.0603. The molecule has 1 fully saturated rings. The summed E-state index contributed by atoms with van der Waals surface area (Å²) in [6.45, 7) is 3.21. The third-order valence-electron chi connectivity index (χ3n) is 4.08. The average molecular weight is 258 g/mol. The van der Waals surface area contributed by atoms with Crippen molar-refractivity contribution in [1.82, 2.24) is 10.3 Å². The van der Waals surface area contributed by atoms with Gasteiger partial charge in [0.15, 0.2) is 0 Å². The number of benzene rings is 1. The number of hydrogen-bond acceptors (Lipinski definition) is 3. The van der Waals surface area contributed by atoms with Crippen LogP contribution in [0.15, 0.2) is 24.4 Å². The Balaban J connectivity index is 2.18. The first-order chi connectivity index (χ1) is 9.14. The molecule has 0 bridgehead atoms. The summed E-state index contributed by atoms with van der Waals surface area (Å²) in [5.74, 6) is -0.284. The van der Waals surface area contributed by atoms with Gasteiger partial charge >= 0.3 is 5.97 Å². The van der Waals surface area contributed by atoms with E-state index in [1.165, 1.54) is 7.11 Å². The lowest BCUT2D eigenvalue weighted by Gasteiger charge is -2.25. The first kappa shape index (κ1) is 12.2. The van der Waals surface area contributed by atoms with E-state index in [1.807, 2.05) is 18.3 Å². The van der Waals surface area contributed by atoms with Crippen molar-refractivity contribution in [3.05, 3.63) is 35.5 Å². The predicted octanol–water partition coefficient (Wildman–Crippen LogP) is 2.55. The maximum atomic E-state index is 11.9. The van der Waals surface area contributed by atoms with Gasteiger partial charge in [-0.2, -0.15) is 0 Å². The summed E-state index contributed by atoms with van der Waals surface area (Å²) < 4.78 is 4.89. The van der Waals surface area contributed by atoms with Crippen molar-refractivity contribution in [2.45, 2.75) is 25.3 Å². The molecule has 0 radical (unpaired) electrons. The third kappa shape index (κ3) is 1.92. The molecular formula is C15H18N2O2. The second-order valence-electron chi connectivity index (χ2n) is 5.32. The van der Waals surface area contributed by atoms with Crippen molar-refractivity contribution in [2.75, 3.05) is 13.7 Å². The van der Waals surface area contributed by atoms with Crippen LogP contribution in [0.25, 0.3) is 10.9 Å². The van der Waals surface area contributed by atoms with Crippen molar-refractivity contribution in [2.24, 2.45) is 0 Å². The zero-order chi connectivity index (χ0) is 13.5. The molecule has 2 N–H and O–H groups in total. The van der Waals surface area contributed by atoms with Gasteiger partial charge in [0.05, 0.1) is 12.7 Å². The molecule has 1 unspecified atom stereocenters. The minimum absolute atomic E-state index is 0.0535. The third-order valence-corrected chi connectivity index (χ3v) is 4.08. The van der Waals surface area contributed by atoms with Crippen molar-refractivity contribution < 1.29 is 9.53 Å². The lowest BCUT2D eigenvalue weighted by atomic mass is 9.88. The number of esters is 1. The van der Waals surface area contributed by atoms with Gasteiger partial charge in [-0.1, -0.05) is 0 Å². The average Bonchev–Trinajstić information content (AvgIpc) is 3.05. The van der Waals surface area contributed by atoms with Crippen molar-refractivity contribution >= 4 is 16.9 Å². The Bertz CT molecular complexity index is 624. The quantitative estimate of drug-likeness (QED) is 0.814. The number of hydrogen-bond donors (Lipinski definition) is 2. The number of H-pyrrole nitrogens is 1. The van der Waals surface area contributed by atoms with E-state index < -0.39 is 0 Å². The van der Waals surface area contributed by atoms with Crippen LogP contribution in [0, 0.1) is 0 Å². The molecule has 1 aromatic heterocycles. The van der Waals surface area contributed by atoms with Gasteiger partial charge in [0.25, 0.3) is 0 Å². The molecule has 19 heavy (non-hydrogen) atoms. The molecule has 0 amide bonds. The van der Waals surface area contributed by atoms with Gasteiger partial charge in [-0.25, -0.2) is 4.79 Å². The highest BCUT2D eigenvalue weighted by Gasteiger charge is 2.31. The van der Waals surface area contributed by atoms with Crippen molar-refractivity contribution in [3.8, 4) is 0 Å². The molecule has 4 nitrogen and oxygen atoms in total. The number of carbonyl (C=O) groups is 1. The molecule has 1 aliphatic heterocycles. The summed E-state index contributed by atoms with van der Waals surface area (Å²) >= 11 is 0. The SMILES string of the molecule is COC(=O)c1cc(C2(C)CCCN2)cc2[nH]ccc12. The van der Waals surface area contributed by atoms with Crippen LogP contribution in [0.2, 0.25) is 0 Å². The van der Waals surface area contributed by atoms with Crippen LogP contribution in [0.1, 0.15) is 35.7 Å². The predicted molar refractivity (Wildman–Crippen MR) is 74.2 cm³/mol. The van der Waals surface area contributed by atoms with Crippen LogP contribution in [0.5, 0.6) is 0 Å². The first-order valence-corrected chi connectivity index (χ1v) is 6.59. The molecule has 1 aliphatic rings. The number of aromatic nitrogens is 1. The van der Waals surface area contributed by atoms with Gasteiger partial charge in [-0.05, 0) is 50.1 Å². The maximum absolute atomic E-state index is 11.9. The Hall–Kier alpha value is -1.81. The fourth-order valence-electron chi connectivity index (χ4n) is 2.91. The molecule has 2 heterocycles. The molecule has 1 saturated heterocycles. The molecule has 100 valence electrons.